The molecule has 1 fully saturated rings. The Bertz CT molecular complexity index is 1630. The molecule has 0 saturated heterocycles. The first kappa shape index (κ1) is 26.9. The van der Waals surface area contributed by atoms with Gasteiger partial charge in [-0.25, -0.2) is 14.2 Å². The summed E-state index contributed by atoms with van der Waals surface area (Å²) < 4.78 is 27.1. The number of nitrogens with zero attached hydrogens (tertiary/aromatic N) is 2. The van der Waals surface area contributed by atoms with Gasteiger partial charge in [0.1, 0.15) is 22.7 Å². The van der Waals surface area contributed by atoms with Crippen molar-refractivity contribution in [3.05, 3.63) is 82.5 Å². The van der Waals surface area contributed by atoms with Gasteiger partial charge in [-0.1, -0.05) is 31.4 Å². The smallest absolute Gasteiger partial charge is 0.409 e. The molecule has 2 amide bonds. The molecule has 0 bridgehead atoms. The van der Waals surface area contributed by atoms with E-state index in [0.29, 0.717) is 11.4 Å². The summed E-state index contributed by atoms with van der Waals surface area (Å²) in [5.74, 6) is -0.253. The molecule has 0 radical (unpaired) electrons. The summed E-state index contributed by atoms with van der Waals surface area (Å²) in [6.07, 6.45) is 5.27. The van der Waals surface area contributed by atoms with E-state index in [0.717, 1.165) is 37.7 Å². The number of ether oxygens (including phenoxy) is 2. The molecule has 2 heterocycles. The number of fused-ring (bicyclic) bond motifs is 1. The number of rotatable bonds is 7. The van der Waals surface area contributed by atoms with E-state index in [-0.39, 0.29) is 46.3 Å². The van der Waals surface area contributed by atoms with Crippen molar-refractivity contribution >= 4 is 28.6 Å². The van der Waals surface area contributed by atoms with E-state index >= 15 is 4.39 Å². The lowest BCUT2D eigenvalue weighted by molar-refractivity contribution is -0.120. The van der Waals surface area contributed by atoms with Gasteiger partial charge in [-0.2, -0.15) is 0 Å². The third kappa shape index (κ3) is 5.80. The Balaban J connectivity index is 1.47. The normalized spacial score (nSPS) is 13.7. The van der Waals surface area contributed by atoms with Crippen LogP contribution in [-0.4, -0.2) is 28.7 Å². The van der Waals surface area contributed by atoms with Gasteiger partial charge in [0.2, 0.25) is 5.91 Å². The number of hydrogen-bond acceptors (Lipinski definition) is 6. The predicted octanol–water partition coefficient (Wildman–Crippen LogP) is 5.24. The van der Waals surface area contributed by atoms with Crippen LogP contribution in [0.1, 0.15) is 37.7 Å². The summed E-state index contributed by atoms with van der Waals surface area (Å²) in [7, 11) is 1.57. The second-order valence-electron chi connectivity index (χ2n) is 9.80. The molecule has 40 heavy (non-hydrogen) atoms. The number of carbonyl (C=O) groups is 2. The number of amides is 2. The van der Waals surface area contributed by atoms with Gasteiger partial charge in [0.15, 0.2) is 0 Å². The fourth-order valence-electron chi connectivity index (χ4n) is 5.04. The van der Waals surface area contributed by atoms with Crippen LogP contribution in [-0.2, 0) is 11.3 Å². The van der Waals surface area contributed by atoms with Crippen molar-refractivity contribution in [3.63, 3.8) is 0 Å². The van der Waals surface area contributed by atoms with Crippen molar-refractivity contribution in [1.29, 1.82) is 0 Å². The Morgan fingerprint density at radius 3 is 2.50 bits per heavy atom. The number of pyridine rings is 2. The van der Waals surface area contributed by atoms with E-state index < -0.39 is 17.5 Å². The van der Waals surface area contributed by atoms with Crippen molar-refractivity contribution in [2.24, 2.45) is 11.7 Å². The van der Waals surface area contributed by atoms with E-state index in [1.54, 1.807) is 37.6 Å². The van der Waals surface area contributed by atoms with E-state index in [1.807, 2.05) is 12.1 Å². The zero-order valence-electron chi connectivity index (χ0n) is 22.0. The van der Waals surface area contributed by atoms with Crippen LogP contribution >= 0.6 is 0 Å². The third-order valence-electron chi connectivity index (χ3n) is 7.11. The summed E-state index contributed by atoms with van der Waals surface area (Å²) >= 11 is 0. The summed E-state index contributed by atoms with van der Waals surface area (Å²) in [5.41, 5.74) is 6.47. The molecule has 206 valence electrons. The minimum absolute atomic E-state index is 0.0373. The number of benzene rings is 2. The molecule has 0 aliphatic heterocycles. The monoisotopic (exact) mass is 544 g/mol. The quantitative estimate of drug-likeness (QED) is 0.328. The SMILES string of the molecule is COc1ccc(Cn2ccc3nc(-c4ccc(NC(=O)C5CCCCC5)cc4F)cc(OC(N)=O)c3c2=O)cc1. The maximum absolute atomic E-state index is 15.3. The highest BCUT2D eigenvalue weighted by atomic mass is 19.1. The predicted molar refractivity (Wildman–Crippen MR) is 149 cm³/mol. The second-order valence-corrected chi connectivity index (χ2v) is 9.80. The molecule has 4 aromatic rings. The molecule has 9 nitrogen and oxygen atoms in total. The van der Waals surface area contributed by atoms with Crippen LogP contribution in [0, 0.1) is 11.7 Å². The van der Waals surface area contributed by atoms with Gasteiger partial charge < -0.3 is 25.1 Å². The summed E-state index contributed by atoms with van der Waals surface area (Å²) in [4.78, 5) is 42.2. The number of nitrogens with two attached hydrogens (primary N) is 1. The van der Waals surface area contributed by atoms with E-state index in [1.165, 1.54) is 22.8 Å². The van der Waals surface area contributed by atoms with Crippen LogP contribution in [0.15, 0.2) is 65.6 Å². The van der Waals surface area contributed by atoms with Crippen LogP contribution in [0.5, 0.6) is 11.5 Å². The highest BCUT2D eigenvalue weighted by molar-refractivity contribution is 5.93. The molecule has 1 aliphatic rings. The number of primary amides is 1. The number of methoxy groups -OCH3 is 1. The van der Waals surface area contributed by atoms with Crippen LogP contribution in [0.3, 0.4) is 0 Å². The molecular weight excluding hydrogens is 515 g/mol. The van der Waals surface area contributed by atoms with Crippen LogP contribution in [0.25, 0.3) is 22.2 Å². The topological polar surface area (TPSA) is 126 Å². The van der Waals surface area contributed by atoms with Crippen molar-refractivity contribution in [2.45, 2.75) is 38.6 Å². The zero-order chi connectivity index (χ0) is 28.2. The molecule has 1 aliphatic carbocycles. The minimum Gasteiger partial charge on any atom is -0.497 e. The fourth-order valence-corrected chi connectivity index (χ4v) is 5.04. The molecule has 2 aromatic carbocycles. The van der Waals surface area contributed by atoms with E-state index in [9.17, 15) is 14.4 Å². The molecule has 1 saturated carbocycles. The average Bonchev–Trinajstić information content (AvgIpc) is 2.95. The van der Waals surface area contributed by atoms with Crippen LogP contribution in [0.2, 0.25) is 0 Å². The summed E-state index contributed by atoms with van der Waals surface area (Å²) in [5, 5.41) is 2.84. The van der Waals surface area contributed by atoms with Crippen LogP contribution in [0.4, 0.5) is 14.9 Å². The molecule has 0 unspecified atom stereocenters. The lowest BCUT2D eigenvalue weighted by Gasteiger charge is -2.20. The Morgan fingerprint density at radius 2 is 1.82 bits per heavy atom. The molecule has 2 aromatic heterocycles. The number of halogens is 1. The number of carbonyl (C=O) groups excluding carboxylic acids is 2. The standard InChI is InChI=1S/C30H29FN4O5/c1-39-21-10-7-18(8-11-21)17-35-14-13-24-27(29(35)37)26(40-30(32)38)16-25(34-24)22-12-9-20(15-23(22)31)33-28(36)19-5-3-2-4-6-19/h7-16,19H,2-6,17H2,1H3,(H2,32,38)(H,33,36). The van der Waals surface area contributed by atoms with Crippen molar-refractivity contribution in [2.75, 3.05) is 12.4 Å². The lowest BCUT2D eigenvalue weighted by Crippen LogP contribution is -2.24. The maximum Gasteiger partial charge on any atom is 0.409 e. The van der Waals surface area contributed by atoms with Crippen molar-refractivity contribution in [1.82, 2.24) is 9.55 Å². The van der Waals surface area contributed by atoms with Gasteiger partial charge in [-0.15, -0.1) is 0 Å². The van der Waals surface area contributed by atoms with Crippen molar-refractivity contribution < 1.29 is 23.5 Å². The number of anilines is 1. The van der Waals surface area contributed by atoms with E-state index in [2.05, 4.69) is 10.3 Å². The largest absolute Gasteiger partial charge is 0.497 e. The molecule has 3 N–H and O–H groups in total. The Labute approximate surface area is 229 Å². The average molecular weight is 545 g/mol. The zero-order valence-corrected chi connectivity index (χ0v) is 22.0. The number of hydrogen-bond donors (Lipinski definition) is 2. The molecule has 5 rings (SSSR count). The first-order valence-electron chi connectivity index (χ1n) is 13.1. The molecule has 10 heteroatoms. The summed E-state index contributed by atoms with van der Waals surface area (Å²) in [6.45, 7) is 0.249. The van der Waals surface area contributed by atoms with Crippen molar-refractivity contribution in [3.8, 4) is 22.8 Å². The molecular formula is C30H29FN4O5. The van der Waals surface area contributed by atoms with Crippen LogP contribution < -0.4 is 26.1 Å². The highest BCUT2D eigenvalue weighted by Gasteiger charge is 2.22. The molecule has 0 spiro atoms. The fraction of sp³-hybridized carbons (Fsp3) is 0.267. The van der Waals surface area contributed by atoms with Gasteiger partial charge in [-0.05, 0) is 54.8 Å². The first-order chi connectivity index (χ1) is 19.3. The number of aromatic nitrogens is 2. The highest BCUT2D eigenvalue weighted by Crippen LogP contribution is 2.31. The Kier molecular flexibility index (Phi) is 7.77. The Morgan fingerprint density at radius 1 is 1.07 bits per heavy atom. The maximum atomic E-state index is 15.3. The first-order valence-corrected chi connectivity index (χ1v) is 13.1. The lowest BCUT2D eigenvalue weighted by atomic mass is 9.88. The molecule has 0 atom stereocenters. The van der Waals surface area contributed by atoms with Gasteiger partial charge in [-0.3, -0.25) is 9.59 Å². The van der Waals surface area contributed by atoms with Gasteiger partial charge in [0.25, 0.3) is 5.56 Å². The third-order valence-corrected chi connectivity index (χ3v) is 7.11. The van der Waals surface area contributed by atoms with Gasteiger partial charge in [0, 0.05) is 29.4 Å². The summed E-state index contributed by atoms with van der Waals surface area (Å²) in [6, 6.07) is 14.5. The van der Waals surface area contributed by atoms with E-state index in [4.69, 9.17) is 15.2 Å². The minimum atomic E-state index is -1.12. The number of nitrogens with one attached hydrogen (secondary N) is 1. The second kappa shape index (κ2) is 11.6. The van der Waals surface area contributed by atoms with Gasteiger partial charge >= 0.3 is 6.09 Å². The van der Waals surface area contributed by atoms with Gasteiger partial charge in [0.05, 0.1) is 24.9 Å². The Hall–Kier alpha value is -4.73.